The van der Waals surface area contributed by atoms with Crippen molar-refractivity contribution in [3.63, 3.8) is 0 Å². The SMILES string of the molecule is CSc1nc(C)c(CCC(=O)N2CCN(Cc3ccccc3C)CC2)c(C)n1. The number of nitrogens with zero attached hydrogens (tertiary/aromatic N) is 4. The van der Waals surface area contributed by atoms with E-state index in [4.69, 9.17) is 0 Å². The minimum absolute atomic E-state index is 0.239. The fraction of sp³-hybridized carbons (Fsp3) is 0.500. The zero-order valence-electron chi connectivity index (χ0n) is 17.4. The fourth-order valence-corrected chi connectivity index (χ4v) is 4.19. The van der Waals surface area contributed by atoms with Gasteiger partial charge in [-0.05, 0) is 50.1 Å². The quantitative estimate of drug-likeness (QED) is 0.551. The first-order valence-electron chi connectivity index (χ1n) is 9.90. The average molecular weight is 399 g/mol. The molecule has 1 amide bonds. The molecule has 1 aromatic heterocycles. The summed E-state index contributed by atoms with van der Waals surface area (Å²) in [6.07, 6.45) is 3.23. The molecule has 3 rings (SSSR count). The minimum atomic E-state index is 0.239. The van der Waals surface area contributed by atoms with Gasteiger partial charge in [0.15, 0.2) is 5.16 Å². The predicted molar refractivity (Wildman–Crippen MR) is 115 cm³/mol. The molecule has 0 bridgehead atoms. The lowest BCUT2D eigenvalue weighted by molar-refractivity contribution is -0.133. The number of hydrogen-bond acceptors (Lipinski definition) is 5. The third kappa shape index (κ3) is 5.11. The van der Waals surface area contributed by atoms with Gasteiger partial charge in [0.1, 0.15) is 0 Å². The van der Waals surface area contributed by atoms with E-state index in [9.17, 15) is 4.79 Å². The van der Waals surface area contributed by atoms with Crippen molar-refractivity contribution in [3.05, 3.63) is 52.3 Å². The second-order valence-corrected chi connectivity index (χ2v) is 8.22. The molecule has 0 unspecified atom stereocenters. The Morgan fingerprint density at radius 2 is 1.68 bits per heavy atom. The predicted octanol–water partition coefficient (Wildman–Crippen LogP) is 3.40. The lowest BCUT2D eigenvalue weighted by Gasteiger charge is -2.35. The summed E-state index contributed by atoms with van der Waals surface area (Å²) >= 11 is 1.55. The van der Waals surface area contributed by atoms with Crippen molar-refractivity contribution in [2.45, 2.75) is 45.3 Å². The highest BCUT2D eigenvalue weighted by Crippen LogP contribution is 2.18. The molecular weight excluding hydrogens is 368 g/mol. The van der Waals surface area contributed by atoms with E-state index in [-0.39, 0.29) is 5.91 Å². The first kappa shape index (κ1) is 20.8. The molecule has 0 atom stereocenters. The Balaban J connectivity index is 1.50. The molecule has 1 aromatic carbocycles. The molecule has 2 aromatic rings. The summed E-state index contributed by atoms with van der Waals surface area (Å²) in [5, 5.41) is 0.801. The monoisotopic (exact) mass is 398 g/mol. The van der Waals surface area contributed by atoms with Gasteiger partial charge in [0.25, 0.3) is 0 Å². The van der Waals surface area contributed by atoms with E-state index in [2.05, 4.69) is 46.1 Å². The average Bonchev–Trinajstić information content (AvgIpc) is 2.69. The van der Waals surface area contributed by atoms with Gasteiger partial charge in [-0.2, -0.15) is 0 Å². The topological polar surface area (TPSA) is 49.3 Å². The van der Waals surface area contributed by atoms with Gasteiger partial charge in [-0.15, -0.1) is 0 Å². The lowest BCUT2D eigenvalue weighted by atomic mass is 10.1. The summed E-state index contributed by atoms with van der Waals surface area (Å²) in [6, 6.07) is 8.54. The molecule has 1 aliphatic rings. The van der Waals surface area contributed by atoms with Crippen LogP contribution in [0.25, 0.3) is 0 Å². The van der Waals surface area contributed by atoms with Crippen LogP contribution in [0.5, 0.6) is 0 Å². The summed E-state index contributed by atoms with van der Waals surface area (Å²) in [6.45, 7) is 10.6. The molecule has 28 heavy (non-hydrogen) atoms. The van der Waals surface area contributed by atoms with E-state index in [0.29, 0.717) is 12.8 Å². The standard InChI is InChI=1S/C22H30N4OS/c1-16-7-5-6-8-19(16)15-25-11-13-26(14-12-25)21(27)10-9-20-17(2)23-22(28-4)24-18(20)3/h5-8H,9-15H2,1-4H3. The van der Waals surface area contributed by atoms with Crippen molar-refractivity contribution in [2.24, 2.45) is 0 Å². The molecule has 0 aliphatic carbocycles. The van der Waals surface area contributed by atoms with E-state index in [1.807, 2.05) is 25.0 Å². The van der Waals surface area contributed by atoms with Crippen LogP contribution in [-0.4, -0.2) is 58.1 Å². The number of amides is 1. The van der Waals surface area contributed by atoms with Gasteiger partial charge in [-0.1, -0.05) is 36.0 Å². The molecule has 1 aliphatic heterocycles. The highest BCUT2D eigenvalue weighted by Gasteiger charge is 2.22. The van der Waals surface area contributed by atoms with E-state index in [1.54, 1.807) is 11.8 Å². The number of carbonyl (C=O) groups is 1. The maximum absolute atomic E-state index is 12.7. The summed E-state index contributed by atoms with van der Waals surface area (Å²) in [4.78, 5) is 26.2. The smallest absolute Gasteiger partial charge is 0.222 e. The Kier molecular flexibility index (Phi) is 7.08. The van der Waals surface area contributed by atoms with Gasteiger partial charge in [-0.25, -0.2) is 9.97 Å². The molecule has 0 spiro atoms. The van der Waals surface area contributed by atoms with Crippen LogP contribution in [0.3, 0.4) is 0 Å². The molecule has 0 N–H and O–H groups in total. The molecule has 1 fully saturated rings. The number of aryl methyl sites for hydroxylation is 3. The molecule has 0 saturated carbocycles. The Labute approximate surface area is 172 Å². The van der Waals surface area contributed by atoms with Gasteiger partial charge in [0, 0.05) is 50.5 Å². The Morgan fingerprint density at radius 3 is 2.29 bits per heavy atom. The molecule has 6 heteroatoms. The van der Waals surface area contributed by atoms with Crippen molar-refractivity contribution in [2.75, 3.05) is 32.4 Å². The Hall–Kier alpha value is -1.92. The number of carbonyl (C=O) groups excluding carboxylic acids is 1. The normalized spacial score (nSPS) is 15.1. The van der Waals surface area contributed by atoms with Crippen LogP contribution >= 0.6 is 11.8 Å². The van der Waals surface area contributed by atoms with Crippen LogP contribution < -0.4 is 0 Å². The number of piperazine rings is 1. The van der Waals surface area contributed by atoms with Crippen molar-refractivity contribution < 1.29 is 4.79 Å². The van der Waals surface area contributed by atoms with E-state index >= 15 is 0 Å². The van der Waals surface area contributed by atoms with Gasteiger partial charge in [0.2, 0.25) is 5.91 Å². The number of thioether (sulfide) groups is 1. The van der Waals surface area contributed by atoms with Crippen molar-refractivity contribution in [3.8, 4) is 0 Å². The van der Waals surface area contributed by atoms with Crippen LogP contribution in [0.2, 0.25) is 0 Å². The van der Waals surface area contributed by atoms with Gasteiger partial charge >= 0.3 is 0 Å². The maximum Gasteiger partial charge on any atom is 0.222 e. The molecular formula is C22H30N4OS. The number of aromatic nitrogens is 2. The third-order valence-electron chi connectivity index (χ3n) is 5.55. The highest BCUT2D eigenvalue weighted by molar-refractivity contribution is 7.98. The number of benzene rings is 1. The number of hydrogen-bond donors (Lipinski definition) is 0. The Morgan fingerprint density at radius 1 is 1.04 bits per heavy atom. The summed E-state index contributed by atoms with van der Waals surface area (Å²) in [5.74, 6) is 0.239. The lowest BCUT2D eigenvalue weighted by Crippen LogP contribution is -2.48. The van der Waals surface area contributed by atoms with Gasteiger partial charge < -0.3 is 4.90 Å². The summed E-state index contributed by atoms with van der Waals surface area (Å²) in [7, 11) is 0. The fourth-order valence-electron chi connectivity index (χ4n) is 3.74. The van der Waals surface area contributed by atoms with E-state index < -0.39 is 0 Å². The summed E-state index contributed by atoms with van der Waals surface area (Å²) in [5.41, 5.74) is 5.81. The molecule has 1 saturated heterocycles. The molecule has 0 radical (unpaired) electrons. The molecule has 150 valence electrons. The maximum atomic E-state index is 12.7. The molecule has 2 heterocycles. The third-order valence-corrected chi connectivity index (χ3v) is 6.10. The summed E-state index contributed by atoms with van der Waals surface area (Å²) < 4.78 is 0. The van der Waals surface area contributed by atoms with Crippen LogP contribution in [0.15, 0.2) is 29.4 Å². The second kappa shape index (κ2) is 9.52. The highest BCUT2D eigenvalue weighted by atomic mass is 32.2. The van der Waals surface area contributed by atoms with Crippen LogP contribution in [0, 0.1) is 20.8 Å². The number of rotatable bonds is 6. The second-order valence-electron chi connectivity index (χ2n) is 7.44. The van der Waals surface area contributed by atoms with E-state index in [1.165, 1.54) is 11.1 Å². The van der Waals surface area contributed by atoms with Crippen LogP contribution in [0.4, 0.5) is 0 Å². The van der Waals surface area contributed by atoms with E-state index in [0.717, 1.165) is 54.8 Å². The van der Waals surface area contributed by atoms with Crippen LogP contribution in [-0.2, 0) is 17.8 Å². The van der Waals surface area contributed by atoms with Gasteiger partial charge in [-0.3, -0.25) is 9.69 Å². The van der Waals surface area contributed by atoms with Crippen LogP contribution in [0.1, 0.15) is 34.5 Å². The van der Waals surface area contributed by atoms with Gasteiger partial charge in [0.05, 0.1) is 0 Å². The van der Waals surface area contributed by atoms with Crippen molar-refractivity contribution in [1.82, 2.24) is 19.8 Å². The van der Waals surface area contributed by atoms with Crippen molar-refractivity contribution in [1.29, 1.82) is 0 Å². The Bertz CT molecular complexity index is 808. The molecule has 5 nitrogen and oxygen atoms in total. The van der Waals surface area contributed by atoms with Crippen molar-refractivity contribution >= 4 is 17.7 Å². The first-order chi connectivity index (χ1) is 13.5. The zero-order chi connectivity index (χ0) is 20.1. The zero-order valence-corrected chi connectivity index (χ0v) is 18.2. The first-order valence-corrected chi connectivity index (χ1v) is 11.1. The largest absolute Gasteiger partial charge is 0.340 e. The minimum Gasteiger partial charge on any atom is -0.340 e.